The third kappa shape index (κ3) is 2.83. The molecule has 0 amide bonds. The monoisotopic (exact) mass is 337 g/mol. The standard InChI is InChI=1S/C18H23N7/c1-2-15-10-20-21-16(15)9-13(1)12-24-6-3-14(4-7-24)18-23-22-17-11-19-5-8-25(17)18/h1-2,9-10,14,19H,3-8,11-12H2,(H,20,21). The second-order valence-corrected chi connectivity index (χ2v) is 7.14. The Kier molecular flexibility index (Phi) is 3.75. The molecule has 25 heavy (non-hydrogen) atoms. The zero-order valence-electron chi connectivity index (χ0n) is 14.3. The average molecular weight is 337 g/mol. The summed E-state index contributed by atoms with van der Waals surface area (Å²) in [6.07, 6.45) is 4.20. The summed E-state index contributed by atoms with van der Waals surface area (Å²) in [6, 6.07) is 6.58. The van der Waals surface area contributed by atoms with Crippen LogP contribution in [0.4, 0.5) is 0 Å². The van der Waals surface area contributed by atoms with Crippen molar-refractivity contribution in [2.24, 2.45) is 0 Å². The van der Waals surface area contributed by atoms with Crippen molar-refractivity contribution in [1.82, 2.24) is 35.2 Å². The summed E-state index contributed by atoms with van der Waals surface area (Å²) >= 11 is 0. The van der Waals surface area contributed by atoms with E-state index in [2.05, 4.69) is 53.4 Å². The topological polar surface area (TPSA) is 74.7 Å². The van der Waals surface area contributed by atoms with Crippen LogP contribution in [0.15, 0.2) is 24.4 Å². The van der Waals surface area contributed by atoms with Crippen molar-refractivity contribution in [2.45, 2.75) is 38.4 Å². The second kappa shape index (κ2) is 6.24. The fourth-order valence-electron chi connectivity index (χ4n) is 4.11. The van der Waals surface area contributed by atoms with Crippen LogP contribution in [-0.4, -0.2) is 49.5 Å². The molecule has 2 aromatic heterocycles. The highest BCUT2D eigenvalue weighted by molar-refractivity contribution is 5.78. The van der Waals surface area contributed by atoms with E-state index in [-0.39, 0.29) is 0 Å². The fraction of sp³-hybridized carbons (Fsp3) is 0.500. The molecule has 1 saturated heterocycles. The first-order valence-corrected chi connectivity index (χ1v) is 9.14. The number of fused-ring (bicyclic) bond motifs is 2. The van der Waals surface area contributed by atoms with Crippen LogP contribution in [0.25, 0.3) is 10.9 Å². The molecular weight excluding hydrogens is 314 g/mol. The van der Waals surface area contributed by atoms with Gasteiger partial charge in [-0.3, -0.25) is 10.00 Å². The molecule has 0 unspecified atom stereocenters. The van der Waals surface area contributed by atoms with Crippen molar-refractivity contribution in [2.75, 3.05) is 19.6 Å². The Morgan fingerprint density at radius 1 is 1.12 bits per heavy atom. The lowest BCUT2D eigenvalue weighted by Crippen LogP contribution is -2.34. The van der Waals surface area contributed by atoms with Crippen LogP contribution in [0.5, 0.6) is 0 Å². The number of likely N-dealkylation sites (tertiary alicyclic amines) is 1. The third-order valence-corrected chi connectivity index (χ3v) is 5.52. The van der Waals surface area contributed by atoms with E-state index >= 15 is 0 Å². The van der Waals surface area contributed by atoms with Crippen LogP contribution in [0.1, 0.15) is 36.0 Å². The Balaban J connectivity index is 1.24. The lowest BCUT2D eigenvalue weighted by atomic mass is 9.95. The molecular formula is C18H23N7. The summed E-state index contributed by atoms with van der Waals surface area (Å²) in [5.74, 6) is 2.84. The van der Waals surface area contributed by atoms with Gasteiger partial charge in [-0.1, -0.05) is 12.1 Å². The Morgan fingerprint density at radius 2 is 2.04 bits per heavy atom. The van der Waals surface area contributed by atoms with Gasteiger partial charge >= 0.3 is 0 Å². The predicted molar refractivity (Wildman–Crippen MR) is 95.1 cm³/mol. The smallest absolute Gasteiger partial charge is 0.147 e. The van der Waals surface area contributed by atoms with E-state index in [4.69, 9.17) is 0 Å². The predicted octanol–water partition coefficient (Wildman–Crippen LogP) is 1.64. The molecule has 2 N–H and O–H groups in total. The van der Waals surface area contributed by atoms with Gasteiger partial charge in [-0.25, -0.2) is 0 Å². The van der Waals surface area contributed by atoms with Gasteiger partial charge in [0.1, 0.15) is 11.6 Å². The molecule has 2 aliphatic rings. The quantitative estimate of drug-likeness (QED) is 0.760. The van der Waals surface area contributed by atoms with Crippen LogP contribution >= 0.6 is 0 Å². The highest BCUT2D eigenvalue weighted by Crippen LogP contribution is 2.28. The summed E-state index contributed by atoms with van der Waals surface area (Å²) in [5, 5.41) is 20.6. The zero-order chi connectivity index (χ0) is 16.6. The van der Waals surface area contributed by atoms with E-state index in [1.54, 1.807) is 0 Å². The summed E-state index contributed by atoms with van der Waals surface area (Å²) in [4.78, 5) is 2.54. The summed E-state index contributed by atoms with van der Waals surface area (Å²) < 4.78 is 2.34. The van der Waals surface area contributed by atoms with Crippen molar-refractivity contribution in [3.8, 4) is 0 Å². The Labute approximate surface area is 146 Å². The van der Waals surface area contributed by atoms with Gasteiger partial charge in [-0.15, -0.1) is 10.2 Å². The lowest BCUT2D eigenvalue weighted by molar-refractivity contribution is 0.199. The molecule has 3 aromatic rings. The van der Waals surface area contributed by atoms with E-state index in [1.165, 1.54) is 16.8 Å². The number of nitrogens with one attached hydrogen (secondary N) is 2. The first-order chi connectivity index (χ1) is 12.4. The number of hydrogen-bond acceptors (Lipinski definition) is 5. The SMILES string of the molecule is c1cc2cn[nH]c2cc1CN1CCC(c2nnc3n2CCNC3)CC1. The van der Waals surface area contributed by atoms with E-state index < -0.39 is 0 Å². The minimum atomic E-state index is 0.547. The Hall–Kier alpha value is -2.25. The molecule has 0 saturated carbocycles. The molecule has 7 nitrogen and oxygen atoms in total. The lowest BCUT2D eigenvalue weighted by Gasteiger charge is -2.32. The normalized spacial score (nSPS) is 19.4. The third-order valence-electron chi connectivity index (χ3n) is 5.52. The molecule has 7 heteroatoms. The molecule has 0 aliphatic carbocycles. The number of hydrogen-bond donors (Lipinski definition) is 2. The number of aromatic amines is 1. The van der Waals surface area contributed by atoms with Crippen LogP contribution in [0, 0.1) is 0 Å². The summed E-state index contributed by atoms with van der Waals surface area (Å²) in [5.41, 5.74) is 2.47. The van der Waals surface area contributed by atoms with Gasteiger partial charge in [0.25, 0.3) is 0 Å². The maximum Gasteiger partial charge on any atom is 0.147 e. The van der Waals surface area contributed by atoms with Gasteiger partial charge in [-0.05, 0) is 37.6 Å². The van der Waals surface area contributed by atoms with E-state index in [1.807, 2.05) is 6.20 Å². The van der Waals surface area contributed by atoms with Crippen molar-refractivity contribution in [3.63, 3.8) is 0 Å². The van der Waals surface area contributed by atoms with Crippen molar-refractivity contribution < 1.29 is 0 Å². The largest absolute Gasteiger partial charge is 0.312 e. The van der Waals surface area contributed by atoms with Crippen molar-refractivity contribution >= 4 is 10.9 Å². The molecule has 130 valence electrons. The van der Waals surface area contributed by atoms with Gasteiger partial charge < -0.3 is 9.88 Å². The first kappa shape index (κ1) is 15.0. The number of aromatic nitrogens is 5. The minimum absolute atomic E-state index is 0.547. The van der Waals surface area contributed by atoms with Gasteiger partial charge in [0.2, 0.25) is 0 Å². The zero-order valence-corrected chi connectivity index (χ0v) is 14.3. The van der Waals surface area contributed by atoms with Gasteiger partial charge in [0, 0.05) is 30.9 Å². The molecule has 0 spiro atoms. The molecule has 0 atom stereocenters. The highest BCUT2D eigenvalue weighted by Gasteiger charge is 2.26. The summed E-state index contributed by atoms with van der Waals surface area (Å²) in [7, 11) is 0. The Morgan fingerprint density at radius 3 is 2.96 bits per heavy atom. The second-order valence-electron chi connectivity index (χ2n) is 7.14. The van der Waals surface area contributed by atoms with Crippen LogP contribution in [-0.2, 0) is 19.6 Å². The number of H-pyrrole nitrogens is 1. The summed E-state index contributed by atoms with van der Waals surface area (Å²) in [6.45, 7) is 6.11. The fourth-order valence-corrected chi connectivity index (χ4v) is 4.11. The Bertz CT molecular complexity index is 873. The molecule has 2 aliphatic heterocycles. The minimum Gasteiger partial charge on any atom is -0.312 e. The first-order valence-electron chi connectivity index (χ1n) is 9.14. The van der Waals surface area contributed by atoms with Crippen LogP contribution in [0.3, 0.4) is 0 Å². The number of rotatable bonds is 3. The average Bonchev–Trinajstić information content (AvgIpc) is 3.29. The number of nitrogens with zero attached hydrogens (tertiary/aromatic N) is 5. The number of benzene rings is 1. The van der Waals surface area contributed by atoms with Crippen LogP contribution in [0.2, 0.25) is 0 Å². The van der Waals surface area contributed by atoms with Crippen molar-refractivity contribution in [3.05, 3.63) is 41.6 Å². The molecule has 0 radical (unpaired) electrons. The van der Waals surface area contributed by atoms with Crippen LogP contribution < -0.4 is 5.32 Å². The maximum atomic E-state index is 4.50. The number of piperidine rings is 1. The molecule has 0 bridgehead atoms. The molecule has 4 heterocycles. The maximum absolute atomic E-state index is 4.50. The molecule has 1 aromatic carbocycles. The van der Waals surface area contributed by atoms with Gasteiger partial charge in [0.05, 0.1) is 18.3 Å². The molecule has 1 fully saturated rings. The van der Waals surface area contributed by atoms with Gasteiger partial charge in [0.15, 0.2) is 0 Å². The van der Waals surface area contributed by atoms with E-state index in [9.17, 15) is 0 Å². The van der Waals surface area contributed by atoms with Crippen molar-refractivity contribution in [1.29, 1.82) is 0 Å². The van der Waals surface area contributed by atoms with E-state index in [0.717, 1.165) is 63.5 Å². The van der Waals surface area contributed by atoms with Gasteiger partial charge in [-0.2, -0.15) is 5.10 Å². The van der Waals surface area contributed by atoms with E-state index in [0.29, 0.717) is 5.92 Å². The molecule has 5 rings (SSSR count). The highest BCUT2D eigenvalue weighted by atomic mass is 15.3.